The van der Waals surface area contributed by atoms with Crippen LogP contribution in [-0.2, 0) is 6.54 Å². The highest BCUT2D eigenvalue weighted by atomic mass is 32.2. The molecule has 0 atom stereocenters. The first kappa shape index (κ1) is 11.8. The van der Waals surface area contributed by atoms with E-state index in [4.69, 9.17) is 0 Å². The minimum Gasteiger partial charge on any atom is -0.310 e. The number of hydrogen-bond donors (Lipinski definition) is 1. The molecule has 3 heteroatoms. The maximum Gasteiger partial charge on any atom is 0.0279 e. The monoisotopic (exact) mass is 256 g/mol. The van der Waals surface area contributed by atoms with Crippen molar-refractivity contribution in [2.75, 3.05) is 0 Å². The third-order valence-corrected chi connectivity index (χ3v) is 4.13. The van der Waals surface area contributed by atoms with Gasteiger partial charge in [0.25, 0.3) is 0 Å². The number of pyridine rings is 1. The van der Waals surface area contributed by atoms with Crippen LogP contribution in [0, 0.1) is 0 Å². The minimum atomic E-state index is 0.754. The molecule has 1 fully saturated rings. The summed E-state index contributed by atoms with van der Waals surface area (Å²) in [7, 11) is 0. The fraction of sp³-hybridized carbons (Fsp3) is 0.267. The number of aromatic nitrogens is 1. The Kier molecular flexibility index (Phi) is 3.62. The van der Waals surface area contributed by atoms with Crippen molar-refractivity contribution < 1.29 is 0 Å². The molecule has 0 unspecified atom stereocenters. The van der Waals surface area contributed by atoms with Gasteiger partial charge in [0.15, 0.2) is 0 Å². The van der Waals surface area contributed by atoms with Crippen molar-refractivity contribution >= 4 is 11.8 Å². The number of nitrogens with zero attached hydrogens (tertiary/aromatic N) is 1. The quantitative estimate of drug-likeness (QED) is 0.886. The molecule has 92 valence electrons. The van der Waals surface area contributed by atoms with Crippen LogP contribution in [0.4, 0.5) is 0 Å². The molecule has 3 rings (SSSR count). The summed E-state index contributed by atoms with van der Waals surface area (Å²) in [6, 6.07) is 13.5. The van der Waals surface area contributed by atoms with E-state index in [0.29, 0.717) is 0 Å². The van der Waals surface area contributed by atoms with Crippen LogP contribution in [0.5, 0.6) is 0 Å². The van der Waals surface area contributed by atoms with Crippen molar-refractivity contribution in [3.8, 4) is 0 Å². The smallest absolute Gasteiger partial charge is 0.0279 e. The summed E-state index contributed by atoms with van der Waals surface area (Å²) in [5.74, 6) is 0. The second-order valence-electron chi connectivity index (χ2n) is 4.55. The van der Waals surface area contributed by atoms with Crippen LogP contribution >= 0.6 is 11.8 Å². The first-order valence-electron chi connectivity index (χ1n) is 6.31. The van der Waals surface area contributed by atoms with Crippen LogP contribution in [0.2, 0.25) is 0 Å². The van der Waals surface area contributed by atoms with E-state index in [0.717, 1.165) is 12.6 Å². The molecule has 1 aromatic carbocycles. The van der Waals surface area contributed by atoms with Gasteiger partial charge >= 0.3 is 0 Å². The van der Waals surface area contributed by atoms with Gasteiger partial charge in [-0.2, -0.15) is 0 Å². The van der Waals surface area contributed by atoms with E-state index in [-0.39, 0.29) is 0 Å². The highest BCUT2D eigenvalue weighted by molar-refractivity contribution is 7.99. The Balaban J connectivity index is 1.73. The van der Waals surface area contributed by atoms with Crippen LogP contribution in [0.25, 0.3) is 0 Å². The van der Waals surface area contributed by atoms with E-state index in [1.54, 1.807) is 11.8 Å². The Labute approximate surface area is 112 Å². The van der Waals surface area contributed by atoms with Gasteiger partial charge < -0.3 is 5.32 Å². The van der Waals surface area contributed by atoms with E-state index in [1.165, 1.54) is 28.2 Å². The zero-order valence-corrected chi connectivity index (χ0v) is 11.0. The first-order valence-corrected chi connectivity index (χ1v) is 7.12. The zero-order chi connectivity index (χ0) is 12.2. The van der Waals surface area contributed by atoms with Crippen LogP contribution in [0.15, 0.2) is 58.6 Å². The fourth-order valence-corrected chi connectivity index (χ4v) is 2.75. The number of rotatable bonds is 5. The second kappa shape index (κ2) is 5.55. The highest BCUT2D eigenvalue weighted by Gasteiger charge is 2.20. The van der Waals surface area contributed by atoms with Gasteiger partial charge in [0.1, 0.15) is 0 Å². The molecule has 0 spiro atoms. The molecule has 0 aliphatic heterocycles. The third kappa shape index (κ3) is 3.12. The second-order valence-corrected chi connectivity index (χ2v) is 5.66. The first-order chi connectivity index (χ1) is 8.92. The summed E-state index contributed by atoms with van der Waals surface area (Å²) in [5, 5.41) is 3.57. The van der Waals surface area contributed by atoms with Gasteiger partial charge in [0, 0.05) is 34.8 Å². The van der Waals surface area contributed by atoms with Crippen molar-refractivity contribution in [1.82, 2.24) is 10.3 Å². The Morgan fingerprint density at radius 2 is 1.89 bits per heavy atom. The number of benzene rings is 1. The molecule has 1 N–H and O–H groups in total. The van der Waals surface area contributed by atoms with Gasteiger partial charge in [0.2, 0.25) is 0 Å². The summed E-state index contributed by atoms with van der Waals surface area (Å²) < 4.78 is 0. The Morgan fingerprint density at radius 1 is 1.11 bits per heavy atom. The molecule has 1 aliphatic carbocycles. The molecule has 1 aliphatic rings. The summed E-state index contributed by atoms with van der Waals surface area (Å²) in [6.45, 7) is 0.971. The summed E-state index contributed by atoms with van der Waals surface area (Å²) in [4.78, 5) is 6.62. The molecule has 0 radical (unpaired) electrons. The van der Waals surface area contributed by atoms with Crippen LogP contribution < -0.4 is 5.32 Å². The molecular formula is C15H16N2S. The van der Waals surface area contributed by atoms with Gasteiger partial charge in [-0.1, -0.05) is 30.0 Å². The van der Waals surface area contributed by atoms with Gasteiger partial charge in [-0.05, 0) is 36.6 Å². The van der Waals surface area contributed by atoms with Crippen molar-refractivity contribution in [3.05, 3.63) is 54.4 Å². The van der Waals surface area contributed by atoms with E-state index in [1.807, 2.05) is 12.4 Å². The molecule has 2 aromatic rings. The van der Waals surface area contributed by atoms with E-state index in [2.05, 4.69) is 46.7 Å². The summed E-state index contributed by atoms with van der Waals surface area (Å²) in [6.07, 6.45) is 6.35. The number of hydrogen-bond acceptors (Lipinski definition) is 3. The van der Waals surface area contributed by atoms with Crippen molar-refractivity contribution in [3.63, 3.8) is 0 Å². The molecular weight excluding hydrogens is 240 g/mol. The Morgan fingerprint density at radius 3 is 2.67 bits per heavy atom. The van der Waals surface area contributed by atoms with Crippen LogP contribution in [0.1, 0.15) is 18.4 Å². The Bertz CT molecular complexity index is 509. The largest absolute Gasteiger partial charge is 0.310 e. The lowest BCUT2D eigenvalue weighted by atomic mass is 10.2. The maximum absolute atomic E-state index is 4.05. The Hall–Kier alpha value is -1.32. The molecule has 0 bridgehead atoms. The van der Waals surface area contributed by atoms with Gasteiger partial charge in [-0.3, -0.25) is 4.98 Å². The average Bonchev–Trinajstić information content (AvgIpc) is 3.23. The molecule has 1 heterocycles. The molecule has 18 heavy (non-hydrogen) atoms. The zero-order valence-electron chi connectivity index (χ0n) is 10.2. The standard InChI is InChI=1S/C15H16N2S/c1-2-4-15(18-14-7-9-16-10-8-14)12(3-1)11-17-13-5-6-13/h1-4,7-10,13,17H,5-6,11H2. The lowest BCUT2D eigenvalue weighted by Gasteiger charge is -2.09. The minimum absolute atomic E-state index is 0.754. The highest BCUT2D eigenvalue weighted by Crippen LogP contribution is 2.30. The topological polar surface area (TPSA) is 24.9 Å². The fourth-order valence-electron chi connectivity index (χ4n) is 1.82. The molecule has 2 nitrogen and oxygen atoms in total. The average molecular weight is 256 g/mol. The molecule has 0 amide bonds. The number of nitrogens with one attached hydrogen (secondary N) is 1. The van der Waals surface area contributed by atoms with Crippen molar-refractivity contribution in [2.24, 2.45) is 0 Å². The molecule has 0 saturated heterocycles. The van der Waals surface area contributed by atoms with Crippen LogP contribution in [0.3, 0.4) is 0 Å². The summed E-state index contributed by atoms with van der Waals surface area (Å²) in [5.41, 5.74) is 1.38. The predicted molar refractivity (Wildman–Crippen MR) is 74.7 cm³/mol. The molecule has 1 saturated carbocycles. The van der Waals surface area contributed by atoms with E-state index >= 15 is 0 Å². The lowest BCUT2D eigenvalue weighted by molar-refractivity contribution is 0.680. The van der Waals surface area contributed by atoms with E-state index in [9.17, 15) is 0 Å². The SMILES string of the molecule is c1ccc(Sc2ccncc2)c(CNC2CC2)c1. The maximum atomic E-state index is 4.05. The lowest BCUT2D eigenvalue weighted by Crippen LogP contribution is -2.15. The van der Waals surface area contributed by atoms with Gasteiger partial charge in [-0.15, -0.1) is 0 Å². The van der Waals surface area contributed by atoms with Gasteiger partial charge in [-0.25, -0.2) is 0 Å². The normalized spacial score (nSPS) is 14.7. The summed E-state index contributed by atoms with van der Waals surface area (Å²) >= 11 is 1.81. The van der Waals surface area contributed by atoms with E-state index < -0.39 is 0 Å². The van der Waals surface area contributed by atoms with Crippen LogP contribution in [-0.4, -0.2) is 11.0 Å². The van der Waals surface area contributed by atoms with Crippen molar-refractivity contribution in [2.45, 2.75) is 35.2 Å². The predicted octanol–water partition coefficient (Wildman–Crippen LogP) is 3.48. The third-order valence-electron chi connectivity index (χ3n) is 3.01. The van der Waals surface area contributed by atoms with Crippen molar-refractivity contribution in [1.29, 1.82) is 0 Å². The molecule has 1 aromatic heterocycles. The van der Waals surface area contributed by atoms with Gasteiger partial charge in [0.05, 0.1) is 0 Å².